The van der Waals surface area contributed by atoms with Crippen LogP contribution in [0.4, 0.5) is 0 Å². The zero-order chi connectivity index (χ0) is 32.2. The number of benzene rings is 2. The molecule has 0 aliphatic heterocycles. The summed E-state index contributed by atoms with van der Waals surface area (Å²) < 4.78 is 0. The van der Waals surface area contributed by atoms with Crippen LogP contribution in [0, 0.1) is 5.92 Å². The zero-order valence-electron chi connectivity index (χ0n) is 25.1. The van der Waals surface area contributed by atoms with Gasteiger partial charge in [-0.1, -0.05) is 68.5 Å². The Morgan fingerprint density at radius 3 is 2.07 bits per heavy atom. The predicted octanol–water partition coefficient (Wildman–Crippen LogP) is 1.88. The molecular formula is C33H40N4O7. The van der Waals surface area contributed by atoms with Crippen LogP contribution in [-0.2, 0) is 25.6 Å². The van der Waals surface area contributed by atoms with Crippen LogP contribution < -0.4 is 21.3 Å². The first-order valence-electron chi connectivity index (χ1n) is 14.6. The maximum atomic E-state index is 13.3. The average molecular weight is 605 g/mol. The fourth-order valence-corrected chi connectivity index (χ4v) is 4.69. The lowest BCUT2D eigenvalue weighted by molar-refractivity contribution is -0.135. The highest BCUT2D eigenvalue weighted by atomic mass is 16.4. The van der Waals surface area contributed by atoms with Crippen molar-refractivity contribution in [1.29, 1.82) is 0 Å². The molecule has 2 aromatic carbocycles. The van der Waals surface area contributed by atoms with Crippen molar-refractivity contribution in [2.24, 2.45) is 5.92 Å². The van der Waals surface area contributed by atoms with E-state index < -0.39 is 53.8 Å². The van der Waals surface area contributed by atoms with Crippen LogP contribution in [0.25, 0.3) is 0 Å². The molecule has 1 aliphatic carbocycles. The number of hydrogen-bond donors (Lipinski definition) is 6. The summed E-state index contributed by atoms with van der Waals surface area (Å²) in [5.74, 6) is -3.76. The summed E-state index contributed by atoms with van der Waals surface area (Å²) >= 11 is 0. The first-order valence-corrected chi connectivity index (χ1v) is 14.6. The summed E-state index contributed by atoms with van der Waals surface area (Å²) in [6.07, 6.45) is 2.80. The molecule has 234 valence electrons. The van der Waals surface area contributed by atoms with Crippen LogP contribution in [0.15, 0.2) is 84.0 Å². The van der Waals surface area contributed by atoms with Gasteiger partial charge in [-0.3, -0.25) is 19.2 Å². The molecule has 4 atom stereocenters. The van der Waals surface area contributed by atoms with E-state index in [0.29, 0.717) is 24.0 Å². The van der Waals surface area contributed by atoms with E-state index in [4.69, 9.17) is 0 Å². The number of carbonyl (C=O) groups excluding carboxylic acids is 4. The van der Waals surface area contributed by atoms with Gasteiger partial charge < -0.3 is 31.5 Å². The lowest BCUT2D eigenvalue weighted by Gasteiger charge is -2.29. The van der Waals surface area contributed by atoms with Crippen LogP contribution in [0.5, 0.6) is 0 Å². The minimum Gasteiger partial charge on any atom is -0.478 e. The van der Waals surface area contributed by atoms with Gasteiger partial charge in [-0.15, -0.1) is 0 Å². The second-order valence-electron chi connectivity index (χ2n) is 11.1. The Balaban J connectivity index is 1.62. The lowest BCUT2D eigenvalue weighted by Crippen LogP contribution is -2.58. The van der Waals surface area contributed by atoms with Crippen LogP contribution in [0.2, 0.25) is 0 Å². The fraction of sp³-hybridized carbons (Fsp3) is 0.364. The molecule has 6 N–H and O–H groups in total. The van der Waals surface area contributed by atoms with Crippen molar-refractivity contribution in [1.82, 2.24) is 21.3 Å². The van der Waals surface area contributed by atoms with Gasteiger partial charge in [0, 0.05) is 18.5 Å². The van der Waals surface area contributed by atoms with Crippen molar-refractivity contribution in [3.63, 3.8) is 0 Å². The Morgan fingerprint density at radius 2 is 1.45 bits per heavy atom. The van der Waals surface area contributed by atoms with Crippen molar-refractivity contribution < 1.29 is 34.2 Å². The smallest absolute Gasteiger partial charge is 0.335 e. The first kappa shape index (κ1) is 33.7. The van der Waals surface area contributed by atoms with Crippen LogP contribution in [0.1, 0.15) is 49.5 Å². The highest BCUT2D eigenvalue weighted by Gasteiger charge is 2.32. The van der Waals surface area contributed by atoms with E-state index in [1.54, 1.807) is 50.3 Å². The van der Waals surface area contributed by atoms with Crippen molar-refractivity contribution in [3.05, 3.63) is 95.1 Å². The molecule has 0 saturated heterocycles. The number of allylic oxidation sites excluding steroid dienone is 1. The van der Waals surface area contributed by atoms with E-state index in [-0.39, 0.29) is 24.5 Å². The number of rotatable bonds is 14. The Kier molecular flexibility index (Phi) is 12.4. The van der Waals surface area contributed by atoms with Crippen molar-refractivity contribution in [3.8, 4) is 0 Å². The maximum absolute atomic E-state index is 13.3. The topological polar surface area (TPSA) is 174 Å². The molecule has 0 aromatic heterocycles. The van der Waals surface area contributed by atoms with Gasteiger partial charge >= 0.3 is 5.97 Å². The quantitative estimate of drug-likeness (QED) is 0.191. The highest BCUT2D eigenvalue weighted by Crippen LogP contribution is 2.17. The van der Waals surface area contributed by atoms with Crippen LogP contribution >= 0.6 is 0 Å². The van der Waals surface area contributed by atoms with Gasteiger partial charge in [-0.05, 0) is 55.0 Å². The summed E-state index contributed by atoms with van der Waals surface area (Å²) in [7, 11) is 0. The normalized spacial score (nSPS) is 15.5. The Hall–Kier alpha value is -4.77. The molecule has 1 aliphatic rings. The molecule has 4 amide bonds. The number of nitrogens with one attached hydrogen (secondary N) is 4. The molecule has 0 radical (unpaired) electrons. The molecular weight excluding hydrogens is 564 g/mol. The number of carboxylic acid groups (broad SMARTS) is 1. The zero-order valence-corrected chi connectivity index (χ0v) is 25.1. The van der Waals surface area contributed by atoms with E-state index in [1.165, 1.54) is 13.0 Å². The van der Waals surface area contributed by atoms with Gasteiger partial charge in [0.2, 0.25) is 11.8 Å². The number of carbonyl (C=O) groups is 5. The van der Waals surface area contributed by atoms with Gasteiger partial charge in [0.15, 0.2) is 6.10 Å². The van der Waals surface area contributed by atoms with Crippen molar-refractivity contribution >= 4 is 29.6 Å². The summed E-state index contributed by atoms with van der Waals surface area (Å²) in [5, 5.41) is 30.7. The second kappa shape index (κ2) is 16.2. The Labute approximate surface area is 256 Å². The van der Waals surface area contributed by atoms with E-state index >= 15 is 0 Å². The number of aliphatic hydroxyl groups is 1. The molecule has 0 bridgehead atoms. The molecule has 0 heterocycles. The second-order valence-corrected chi connectivity index (χ2v) is 11.1. The molecule has 1 unspecified atom stereocenters. The molecule has 44 heavy (non-hydrogen) atoms. The molecule has 11 heteroatoms. The van der Waals surface area contributed by atoms with Crippen molar-refractivity contribution in [2.45, 2.75) is 64.3 Å². The van der Waals surface area contributed by atoms with E-state index in [2.05, 4.69) is 21.3 Å². The average Bonchev–Trinajstić information content (AvgIpc) is 3.02. The Morgan fingerprint density at radius 1 is 0.818 bits per heavy atom. The summed E-state index contributed by atoms with van der Waals surface area (Å²) in [4.78, 5) is 63.3. The van der Waals surface area contributed by atoms with Gasteiger partial charge in [0.05, 0.1) is 11.6 Å². The molecule has 2 aromatic rings. The summed E-state index contributed by atoms with van der Waals surface area (Å²) in [5.41, 5.74) is 2.05. The van der Waals surface area contributed by atoms with Gasteiger partial charge in [-0.25, -0.2) is 4.79 Å². The SMILES string of the molecule is CC(C)[C@H](NC(=O)[C@H](C)NC(=O)[C@H](Cc1ccccc1)NC(=O)c1ccccc1)C(O)C(=O)NCC1=CC(C(=O)O)=CCC1. The van der Waals surface area contributed by atoms with Gasteiger partial charge in [0.25, 0.3) is 11.8 Å². The predicted molar refractivity (Wildman–Crippen MR) is 164 cm³/mol. The van der Waals surface area contributed by atoms with E-state index in [9.17, 15) is 34.2 Å². The number of amides is 4. The highest BCUT2D eigenvalue weighted by molar-refractivity contribution is 5.98. The molecule has 11 nitrogen and oxygen atoms in total. The number of aliphatic carboxylic acids is 1. The molecule has 0 spiro atoms. The van der Waals surface area contributed by atoms with E-state index in [1.807, 2.05) is 30.3 Å². The largest absolute Gasteiger partial charge is 0.478 e. The number of hydrogen-bond acceptors (Lipinski definition) is 6. The molecule has 0 saturated carbocycles. The van der Waals surface area contributed by atoms with Crippen molar-refractivity contribution in [2.75, 3.05) is 6.54 Å². The minimum absolute atomic E-state index is 0.0588. The third-order valence-corrected chi connectivity index (χ3v) is 7.25. The third kappa shape index (κ3) is 9.91. The van der Waals surface area contributed by atoms with Crippen LogP contribution in [0.3, 0.4) is 0 Å². The maximum Gasteiger partial charge on any atom is 0.335 e. The fourth-order valence-electron chi connectivity index (χ4n) is 4.69. The van der Waals surface area contributed by atoms with Gasteiger partial charge in [0.1, 0.15) is 12.1 Å². The summed E-state index contributed by atoms with van der Waals surface area (Å²) in [6.45, 7) is 4.99. The van der Waals surface area contributed by atoms with Crippen LogP contribution in [-0.4, -0.2) is 70.6 Å². The molecule has 3 rings (SSSR count). The number of carboxylic acids is 1. The van der Waals surface area contributed by atoms with E-state index in [0.717, 1.165) is 5.56 Å². The lowest BCUT2D eigenvalue weighted by atomic mass is 9.96. The monoisotopic (exact) mass is 604 g/mol. The van der Waals surface area contributed by atoms with Gasteiger partial charge in [-0.2, -0.15) is 0 Å². The first-order chi connectivity index (χ1) is 21.0. The summed E-state index contributed by atoms with van der Waals surface area (Å²) in [6, 6.07) is 14.6. The Bertz CT molecular complexity index is 1390. The molecule has 0 fully saturated rings. The number of aliphatic hydroxyl groups excluding tert-OH is 1. The standard InChI is InChI=1S/C33H40N4O7/c1-20(2)27(28(38)32(42)34-19-23-13-10-16-25(17-23)33(43)44)37-29(39)21(3)35-31(41)26(18-22-11-6-4-7-12-22)36-30(40)24-14-8-5-9-15-24/h4-9,11-12,14-17,20-21,26-28,38H,10,13,18-19H2,1-3H3,(H,34,42)(H,35,41)(H,36,40)(H,37,39)(H,43,44)/t21-,26-,27-,28?/m0/s1. The third-order valence-electron chi connectivity index (χ3n) is 7.25. The minimum atomic E-state index is -1.60.